The molecular formula is C26H23FN2OS. The Bertz CT molecular complexity index is 1170. The molecule has 0 aliphatic rings. The van der Waals surface area contributed by atoms with Gasteiger partial charge in [0, 0.05) is 21.7 Å². The van der Waals surface area contributed by atoms with E-state index in [0.29, 0.717) is 5.56 Å². The van der Waals surface area contributed by atoms with Crippen LogP contribution in [0.25, 0.3) is 0 Å². The van der Waals surface area contributed by atoms with Gasteiger partial charge in [-0.05, 0) is 61.4 Å². The molecule has 156 valence electrons. The molecule has 4 aromatic rings. The molecule has 1 heterocycles. The molecule has 5 heteroatoms. The molecule has 3 aromatic carbocycles. The quantitative estimate of drug-likeness (QED) is 0.347. The summed E-state index contributed by atoms with van der Waals surface area (Å²) >= 11 is 1.57. The molecule has 1 aromatic heterocycles. The van der Waals surface area contributed by atoms with Crippen molar-refractivity contribution in [3.05, 3.63) is 118 Å². The Morgan fingerprint density at radius 2 is 1.48 bits per heavy atom. The molecule has 1 amide bonds. The van der Waals surface area contributed by atoms with Gasteiger partial charge in [-0.25, -0.2) is 4.39 Å². The van der Waals surface area contributed by atoms with Gasteiger partial charge in [-0.3, -0.25) is 4.79 Å². The highest BCUT2D eigenvalue weighted by atomic mass is 32.1. The minimum atomic E-state index is -0.278. The Morgan fingerprint density at radius 1 is 0.871 bits per heavy atom. The van der Waals surface area contributed by atoms with Crippen molar-refractivity contribution in [3.63, 3.8) is 0 Å². The van der Waals surface area contributed by atoms with Crippen LogP contribution in [0.5, 0.6) is 0 Å². The van der Waals surface area contributed by atoms with Gasteiger partial charge in [0.15, 0.2) is 0 Å². The lowest BCUT2D eigenvalue weighted by Gasteiger charge is -2.23. The van der Waals surface area contributed by atoms with Crippen LogP contribution in [0.4, 0.5) is 15.1 Å². The minimum absolute atomic E-state index is 0.142. The molecule has 0 saturated heterocycles. The summed E-state index contributed by atoms with van der Waals surface area (Å²) in [6.07, 6.45) is 0. The highest BCUT2D eigenvalue weighted by Crippen LogP contribution is 2.41. The first-order valence-electron chi connectivity index (χ1n) is 10.1. The van der Waals surface area contributed by atoms with Gasteiger partial charge in [-0.2, -0.15) is 0 Å². The molecule has 0 fully saturated rings. The maximum atomic E-state index is 13.4. The fraction of sp³-hybridized carbons (Fsp3) is 0.115. The summed E-state index contributed by atoms with van der Waals surface area (Å²) in [5, 5.41) is 7.46. The van der Waals surface area contributed by atoms with Crippen LogP contribution in [0, 0.1) is 19.7 Å². The fourth-order valence-corrected chi connectivity index (χ4v) is 4.62. The lowest BCUT2D eigenvalue weighted by atomic mass is 9.96. The maximum absolute atomic E-state index is 13.4. The Balaban J connectivity index is 1.75. The van der Waals surface area contributed by atoms with Crippen molar-refractivity contribution < 1.29 is 9.18 Å². The van der Waals surface area contributed by atoms with Crippen molar-refractivity contribution in [2.75, 3.05) is 10.6 Å². The third-order valence-corrected chi connectivity index (χ3v) is 6.41. The van der Waals surface area contributed by atoms with E-state index in [9.17, 15) is 9.18 Å². The molecule has 0 saturated carbocycles. The molecule has 1 atom stereocenters. The summed E-state index contributed by atoms with van der Waals surface area (Å²) in [6, 6.07) is 25.4. The third kappa shape index (κ3) is 4.67. The number of amides is 1. The molecular weight excluding hydrogens is 407 g/mol. The summed E-state index contributed by atoms with van der Waals surface area (Å²) in [5.74, 6) is -0.420. The average Bonchev–Trinajstić information content (AvgIpc) is 3.07. The number of anilines is 2. The van der Waals surface area contributed by atoms with Crippen LogP contribution in [0.1, 0.15) is 38.0 Å². The zero-order valence-electron chi connectivity index (χ0n) is 17.4. The van der Waals surface area contributed by atoms with Gasteiger partial charge in [0.2, 0.25) is 0 Å². The van der Waals surface area contributed by atoms with Gasteiger partial charge < -0.3 is 10.6 Å². The van der Waals surface area contributed by atoms with Crippen molar-refractivity contribution in [1.82, 2.24) is 0 Å². The van der Waals surface area contributed by atoms with E-state index >= 15 is 0 Å². The van der Waals surface area contributed by atoms with E-state index in [0.717, 1.165) is 32.3 Å². The summed E-state index contributed by atoms with van der Waals surface area (Å²) in [4.78, 5) is 14.0. The molecule has 4 rings (SSSR count). The Labute approximate surface area is 185 Å². The second-order valence-electron chi connectivity index (χ2n) is 7.34. The van der Waals surface area contributed by atoms with Gasteiger partial charge in [0.1, 0.15) is 10.8 Å². The van der Waals surface area contributed by atoms with E-state index in [1.807, 2.05) is 36.4 Å². The highest BCUT2D eigenvalue weighted by Gasteiger charge is 2.24. The van der Waals surface area contributed by atoms with Crippen LogP contribution >= 0.6 is 11.3 Å². The number of benzene rings is 3. The summed E-state index contributed by atoms with van der Waals surface area (Å²) in [6.45, 7) is 4.13. The normalized spacial score (nSPS) is 11.7. The highest BCUT2D eigenvalue weighted by molar-refractivity contribution is 7.16. The van der Waals surface area contributed by atoms with Crippen molar-refractivity contribution >= 4 is 27.9 Å². The van der Waals surface area contributed by atoms with E-state index < -0.39 is 0 Å². The maximum Gasteiger partial charge on any atom is 0.256 e. The number of hydrogen-bond donors (Lipinski definition) is 2. The first-order valence-corrected chi connectivity index (χ1v) is 10.9. The summed E-state index contributed by atoms with van der Waals surface area (Å²) in [7, 11) is 0. The summed E-state index contributed by atoms with van der Waals surface area (Å²) in [5.41, 5.74) is 4.61. The first kappa shape index (κ1) is 20.8. The number of aryl methyl sites for hydroxylation is 1. The van der Waals surface area contributed by atoms with Crippen molar-refractivity contribution in [1.29, 1.82) is 0 Å². The topological polar surface area (TPSA) is 41.1 Å². The van der Waals surface area contributed by atoms with Gasteiger partial charge in [0.05, 0.1) is 6.04 Å². The zero-order valence-corrected chi connectivity index (χ0v) is 18.2. The molecule has 0 aliphatic carbocycles. The Morgan fingerprint density at radius 3 is 2.13 bits per heavy atom. The Kier molecular flexibility index (Phi) is 6.14. The molecule has 0 radical (unpaired) electrons. The van der Waals surface area contributed by atoms with Crippen molar-refractivity contribution in [2.24, 2.45) is 0 Å². The molecule has 0 aliphatic heterocycles. The van der Waals surface area contributed by atoms with Crippen LogP contribution in [0.3, 0.4) is 0 Å². The number of carbonyl (C=O) groups is 1. The second-order valence-corrected chi connectivity index (χ2v) is 8.57. The van der Waals surface area contributed by atoms with E-state index in [-0.39, 0.29) is 17.8 Å². The number of carbonyl (C=O) groups excluding carboxylic acids is 1. The van der Waals surface area contributed by atoms with E-state index in [2.05, 4.69) is 36.6 Å². The zero-order chi connectivity index (χ0) is 21.8. The Hall–Kier alpha value is -3.44. The molecule has 1 unspecified atom stereocenters. The van der Waals surface area contributed by atoms with Gasteiger partial charge >= 0.3 is 0 Å². The smallest absolute Gasteiger partial charge is 0.256 e. The summed E-state index contributed by atoms with van der Waals surface area (Å²) < 4.78 is 13.4. The standard InChI is InChI=1S/C26H23FN2OS/c1-17-18(2)31-26(29-25(30)20-11-7-4-8-12-20)23(17)24(19-9-5-3-6-10-19)28-22-15-13-21(27)14-16-22/h3-16,24,28H,1-2H3,(H,29,30). The van der Waals surface area contributed by atoms with Gasteiger partial charge in [0.25, 0.3) is 5.91 Å². The van der Waals surface area contributed by atoms with Crippen LogP contribution in [0.2, 0.25) is 0 Å². The lowest BCUT2D eigenvalue weighted by Crippen LogP contribution is -2.17. The predicted molar refractivity (Wildman–Crippen MR) is 126 cm³/mol. The predicted octanol–water partition coefficient (Wildman–Crippen LogP) is 6.96. The minimum Gasteiger partial charge on any atom is -0.374 e. The van der Waals surface area contributed by atoms with E-state index in [1.54, 1.807) is 35.6 Å². The van der Waals surface area contributed by atoms with Crippen LogP contribution < -0.4 is 10.6 Å². The van der Waals surface area contributed by atoms with Crippen LogP contribution in [-0.4, -0.2) is 5.91 Å². The number of halogens is 1. The molecule has 0 spiro atoms. The number of thiophene rings is 1. The molecule has 2 N–H and O–H groups in total. The van der Waals surface area contributed by atoms with Crippen molar-refractivity contribution in [2.45, 2.75) is 19.9 Å². The number of nitrogens with one attached hydrogen (secondary N) is 2. The monoisotopic (exact) mass is 430 g/mol. The number of hydrogen-bond acceptors (Lipinski definition) is 3. The van der Waals surface area contributed by atoms with Crippen LogP contribution in [0.15, 0.2) is 84.9 Å². The molecule has 31 heavy (non-hydrogen) atoms. The van der Waals surface area contributed by atoms with E-state index in [4.69, 9.17) is 0 Å². The third-order valence-electron chi connectivity index (χ3n) is 5.27. The average molecular weight is 431 g/mol. The largest absolute Gasteiger partial charge is 0.374 e. The lowest BCUT2D eigenvalue weighted by molar-refractivity contribution is 0.102. The van der Waals surface area contributed by atoms with Crippen molar-refractivity contribution in [3.8, 4) is 0 Å². The first-order chi connectivity index (χ1) is 15.0. The molecule has 0 bridgehead atoms. The van der Waals surface area contributed by atoms with Gasteiger partial charge in [-0.15, -0.1) is 11.3 Å². The SMILES string of the molecule is Cc1sc(NC(=O)c2ccccc2)c(C(Nc2ccc(F)cc2)c2ccccc2)c1C. The van der Waals surface area contributed by atoms with Crippen LogP contribution in [-0.2, 0) is 0 Å². The second kappa shape index (κ2) is 9.14. The molecule has 3 nitrogen and oxygen atoms in total. The number of rotatable bonds is 6. The van der Waals surface area contributed by atoms with Gasteiger partial charge in [-0.1, -0.05) is 48.5 Å². The van der Waals surface area contributed by atoms with E-state index in [1.165, 1.54) is 12.1 Å². The fourth-order valence-electron chi connectivity index (χ4n) is 3.53.